The maximum Gasteiger partial charge on any atom is 0.145 e. The Morgan fingerprint density at radius 1 is 0.927 bits per heavy atom. The molecule has 8 nitrogen and oxygen atoms in total. The van der Waals surface area contributed by atoms with Crippen LogP contribution < -0.4 is 4.90 Å². The first-order chi connectivity index (χ1) is 20.2. The molecule has 210 valence electrons. The van der Waals surface area contributed by atoms with Gasteiger partial charge < -0.3 is 14.2 Å². The predicted molar refractivity (Wildman–Crippen MR) is 161 cm³/mol. The number of pyridine rings is 2. The topological polar surface area (TPSA) is 73.9 Å². The molecule has 8 heteroatoms. The average Bonchev–Trinajstić information content (AvgIpc) is 3.60. The highest BCUT2D eigenvalue weighted by Gasteiger charge is 2.38. The fraction of sp³-hybridized carbons (Fsp3) is 0.455. The molecular formula is C33H37N7O. The van der Waals surface area contributed by atoms with E-state index in [1.165, 1.54) is 37.7 Å². The van der Waals surface area contributed by atoms with Crippen molar-refractivity contribution >= 4 is 27.9 Å². The van der Waals surface area contributed by atoms with Crippen LogP contribution in [-0.4, -0.2) is 54.8 Å². The second kappa shape index (κ2) is 9.94. The van der Waals surface area contributed by atoms with Gasteiger partial charge in [-0.05, 0) is 81.5 Å². The van der Waals surface area contributed by atoms with E-state index in [-0.39, 0.29) is 6.04 Å². The standard InChI is InChI=1S/C33H37N7O/c1-21-31(38(2)37-36-21)24-19-28-30(34-20-24)27-13-14-29(39-25-9-6-10-26(39)12-11-25)35-33(27)40(28)32(22-7-4-3-5-8-22)23-15-17-41-18-16-23/h3-5,7-8,13-14,19-20,23,25-26,32H,6,9-12,15-18H2,1-2H3/t25?,26?,32-/m1/s1. The van der Waals surface area contributed by atoms with Crippen LogP contribution in [0.15, 0.2) is 54.7 Å². The van der Waals surface area contributed by atoms with Crippen LogP contribution in [0.2, 0.25) is 0 Å². The van der Waals surface area contributed by atoms with Crippen LogP contribution in [0.4, 0.5) is 5.82 Å². The van der Waals surface area contributed by atoms with E-state index in [9.17, 15) is 0 Å². The lowest BCUT2D eigenvalue weighted by molar-refractivity contribution is 0.0552. The summed E-state index contributed by atoms with van der Waals surface area (Å²) in [5.74, 6) is 1.56. The van der Waals surface area contributed by atoms with Gasteiger partial charge in [-0.2, -0.15) is 0 Å². The SMILES string of the molecule is Cc1nnn(C)c1-c1cnc2c3ccc(N4C5CCCC4CC5)nc3n([C@H](c3ccccc3)C3CCOCC3)c2c1. The summed E-state index contributed by atoms with van der Waals surface area (Å²) in [6.45, 7) is 3.60. The quantitative estimate of drug-likeness (QED) is 0.260. The second-order valence-electron chi connectivity index (χ2n) is 12.2. The van der Waals surface area contributed by atoms with Crippen LogP contribution in [0.3, 0.4) is 0 Å². The third-order valence-corrected chi connectivity index (χ3v) is 9.83. The van der Waals surface area contributed by atoms with Gasteiger partial charge in [-0.3, -0.25) is 4.98 Å². The number of benzene rings is 1. The zero-order valence-electron chi connectivity index (χ0n) is 23.9. The van der Waals surface area contributed by atoms with Gasteiger partial charge in [-0.25, -0.2) is 9.67 Å². The summed E-state index contributed by atoms with van der Waals surface area (Å²) < 4.78 is 10.2. The summed E-state index contributed by atoms with van der Waals surface area (Å²) >= 11 is 0. The van der Waals surface area contributed by atoms with E-state index < -0.39 is 0 Å². The largest absolute Gasteiger partial charge is 0.381 e. The van der Waals surface area contributed by atoms with Crippen LogP contribution in [0.25, 0.3) is 33.3 Å². The Bertz CT molecular complexity index is 1680. The lowest BCUT2D eigenvalue weighted by atomic mass is 9.86. The molecule has 0 saturated carbocycles. The summed E-state index contributed by atoms with van der Waals surface area (Å²) in [4.78, 5) is 13.3. The van der Waals surface area contributed by atoms with Crippen molar-refractivity contribution in [3.8, 4) is 11.3 Å². The van der Waals surface area contributed by atoms with Crippen molar-refractivity contribution in [3.05, 3.63) is 66.0 Å². The van der Waals surface area contributed by atoms with Crippen LogP contribution in [0, 0.1) is 12.8 Å². The minimum Gasteiger partial charge on any atom is -0.381 e. The smallest absolute Gasteiger partial charge is 0.145 e. The van der Waals surface area contributed by atoms with Crippen LogP contribution in [-0.2, 0) is 11.8 Å². The number of ether oxygens (including phenoxy) is 1. The molecule has 0 radical (unpaired) electrons. The molecule has 0 N–H and O–H groups in total. The Hall–Kier alpha value is -3.78. The first-order valence-corrected chi connectivity index (χ1v) is 15.3. The Balaban J connectivity index is 1.40. The maximum absolute atomic E-state index is 5.84. The van der Waals surface area contributed by atoms with Crippen molar-refractivity contribution in [2.24, 2.45) is 13.0 Å². The highest BCUT2D eigenvalue weighted by atomic mass is 16.5. The van der Waals surface area contributed by atoms with Crippen LogP contribution in [0.5, 0.6) is 0 Å². The predicted octanol–water partition coefficient (Wildman–Crippen LogP) is 6.23. The summed E-state index contributed by atoms with van der Waals surface area (Å²) in [6.07, 6.45) is 10.5. The van der Waals surface area contributed by atoms with E-state index in [1.54, 1.807) is 0 Å². The van der Waals surface area contributed by atoms with Crippen LogP contribution >= 0.6 is 0 Å². The molecule has 8 rings (SSSR count). The minimum atomic E-state index is 0.128. The lowest BCUT2D eigenvalue weighted by Crippen LogP contribution is -2.40. The molecule has 3 atom stereocenters. The third-order valence-electron chi connectivity index (χ3n) is 9.83. The number of aromatic nitrogens is 6. The molecule has 0 spiro atoms. The molecule has 7 heterocycles. The van der Waals surface area contributed by atoms with Gasteiger partial charge in [0.1, 0.15) is 11.5 Å². The molecule has 1 aromatic carbocycles. The first kappa shape index (κ1) is 25.0. The summed E-state index contributed by atoms with van der Waals surface area (Å²) in [6, 6.07) is 19.2. The molecule has 0 amide bonds. The number of hydrogen-bond donors (Lipinski definition) is 0. The highest BCUT2D eigenvalue weighted by Crippen LogP contribution is 2.43. The number of rotatable bonds is 5. The zero-order valence-corrected chi connectivity index (χ0v) is 23.9. The Kier molecular flexibility index (Phi) is 6.06. The maximum atomic E-state index is 5.84. The van der Waals surface area contributed by atoms with Crippen molar-refractivity contribution in [2.75, 3.05) is 18.1 Å². The van der Waals surface area contributed by atoms with E-state index in [0.29, 0.717) is 18.0 Å². The van der Waals surface area contributed by atoms with Gasteiger partial charge in [0.25, 0.3) is 0 Å². The number of anilines is 1. The minimum absolute atomic E-state index is 0.128. The summed E-state index contributed by atoms with van der Waals surface area (Å²) in [5, 5.41) is 9.72. The fourth-order valence-corrected chi connectivity index (χ4v) is 7.98. The van der Waals surface area contributed by atoms with Gasteiger partial charge in [0, 0.05) is 49.5 Å². The van der Waals surface area contributed by atoms with E-state index >= 15 is 0 Å². The normalized spacial score (nSPS) is 22.1. The van der Waals surface area contributed by atoms with Gasteiger partial charge in [-0.1, -0.05) is 35.5 Å². The Morgan fingerprint density at radius 3 is 2.44 bits per heavy atom. The fourth-order valence-electron chi connectivity index (χ4n) is 7.98. The third kappa shape index (κ3) is 4.06. The Morgan fingerprint density at radius 2 is 1.71 bits per heavy atom. The van der Waals surface area contributed by atoms with Gasteiger partial charge >= 0.3 is 0 Å². The molecule has 2 bridgehead atoms. The monoisotopic (exact) mass is 547 g/mol. The molecule has 3 aliphatic heterocycles. The van der Waals surface area contributed by atoms with Crippen molar-refractivity contribution in [3.63, 3.8) is 0 Å². The molecule has 0 aliphatic carbocycles. The van der Waals surface area contributed by atoms with Gasteiger partial charge in [0.2, 0.25) is 0 Å². The zero-order chi connectivity index (χ0) is 27.5. The highest BCUT2D eigenvalue weighted by molar-refractivity contribution is 6.05. The molecular weight excluding hydrogens is 510 g/mol. The number of fused-ring (bicyclic) bond motifs is 5. The molecule has 3 aliphatic rings. The van der Waals surface area contributed by atoms with Crippen molar-refractivity contribution in [1.82, 2.24) is 29.5 Å². The molecule has 41 heavy (non-hydrogen) atoms. The van der Waals surface area contributed by atoms with Crippen molar-refractivity contribution < 1.29 is 4.74 Å². The average molecular weight is 548 g/mol. The Labute approximate surface area is 240 Å². The van der Waals surface area contributed by atoms with E-state index in [1.807, 2.05) is 24.9 Å². The molecule has 2 unspecified atom stereocenters. The number of aryl methyl sites for hydroxylation is 2. The number of hydrogen-bond acceptors (Lipinski definition) is 6. The molecule has 4 aromatic heterocycles. The van der Waals surface area contributed by atoms with Gasteiger partial charge in [-0.15, -0.1) is 5.10 Å². The number of piperidine rings is 1. The van der Waals surface area contributed by atoms with E-state index in [4.69, 9.17) is 14.7 Å². The lowest BCUT2D eigenvalue weighted by Gasteiger charge is -2.36. The second-order valence-corrected chi connectivity index (χ2v) is 12.2. The van der Waals surface area contributed by atoms with Gasteiger partial charge in [0.15, 0.2) is 0 Å². The van der Waals surface area contributed by atoms with Crippen LogP contribution in [0.1, 0.15) is 62.2 Å². The van der Waals surface area contributed by atoms with E-state index in [2.05, 4.69) is 68.3 Å². The van der Waals surface area contributed by atoms with Crippen molar-refractivity contribution in [2.45, 2.75) is 70.0 Å². The van der Waals surface area contributed by atoms with Crippen molar-refractivity contribution in [1.29, 1.82) is 0 Å². The molecule has 3 fully saturated rings. The first-order valence-electron chi connectivity index (χ1n) is 15.3. The molecule has 3 saturated heterocycles. The summed E-state index contributed by atoms with van der Waals surface area (Å²) in [7, 11) is 1.95. The summed E-state index contributed by atoms with van der Waals surface area (Å²) in [5.41, 5.74) is 7.40. The van der Waals surface area contributed by atoms with E-state index in [0.717, 1.165) is 70.9 Å². The molecule has 5 aromatic rings. The van der Waals surface area contributed by atoms with Gasteiger partial charge in [0.05, 0.1) is 28.5 Å². The number of nitrogens with zero attached hydrogens (tertiary/aromatic N) is 7.